The molecule has 2 heterocycles. The molecule has 0 aromatic heterocycles. The first kappa shape index (κ1) is 33.4. The van der Waals surface area contributed by atoms with E-state index < -0.39 is 68.1 Å². The van der Waals surface area contributed by atoms with Gasteiger partial charge in [-0.15, -0.1) is 0 Å². The highest BCUT2D eigenvalue weighted by atomic mass is 32.2. The largest absolute Gasteiger partial charge is 0.489 e. The third kappa shape index (κ3) is 5.57. The van der Waals surface area contributed by atoms with Gasteiger partial charge in [0.2, 0.25) is 11.8 Å². The summed E-state index contributed by atoms with van der Waals surface area (Å²) < 4.78 is 102. The quantitative estimate of drug-likeness (QED) is 0.223. The third-order valence-corrected chi connectivity index (χ3v) is 12.2. The number of fused-ring (bicyclic) bond motifs is 3. The Labute approximate surface area is 273 Å². The maximum atomic E-state index is 14.6. The molecule has 2 saturated heterocycles. The molecule has 0 unspecified atom stereocenters. The van der Waals surface area contributed by atoms with E-state index in [1.54, 1.807) is 0 Å². The fourth-order valence-corrected chi connectivity index (χ4v) is 9.81. The van der Waals surface area contributed by atoms with Gasteiger partial charge in [0, 0.05) is 25.1 Å². The minimum absolute atomic E-state index is 0.0145. The van der Waals surface area contributed by atoms with Crippen LogP contribution in [-0.2, 0) is 43.4 Å². The Bertz CT molecular complexity index is 1910. The van der Waals surface area contributed by atoms with Crippen molar-refractivity contribution in [3.63, 3.8) is 0 Å². The summed E-state index contributed by atoms with van der Waals surface area (Å²) in [5.74, 6) is -2.28. The second kappa shape index (κ2) is 12.5. The third-order valence-electron chi connectivity index (χ3n) is 9.63. The molecule has 8 nitrogen and oxygen atoms in total. The fourth-order valence-electron chi connectivity index (χ4n) is 7.44. The number of ether oxygens (including phenoxy) is 1. The normalized spacial score (nSPS) is 22.3. The maximum absolute atomic E-state index is 14.6. The summed E-state index contributed by atoms with van der Waals surface area (Å²) in [5, 5.41) is 9.07. The van der Waals surface area contributed by atoms with E-state index in [-0.39, 0.29) is 68.2 Å². The molecule has 3 aromatic carbocycles. The molecular formula is C34H30F5N3O5S. The van der Waals surface area contributed by atoms with E-state index in [4.69, 9.17) is 10.00 Å². The highest BCUT2D eigenvalue weighted by Crippen LogP contribution is 2.53. The molecule has 0 spiro atoms. The summed E-state index contributed by atoms with van der Waals surface area (Å²) >= 11 is 0. The summed E-state index contributed by atoms with van der Waals surface area (Å²) in [6.07, 6.45) is -3.96. The van der Waals surface area contributed by atoms with Crippen LogP contribution in [0.4, 0.5) is 22.0 Å². The topological polar surface area (TPSA) is 108 Å². The van der Waals surface area contributed by atoms with Crippen molar-refractivity contribution in [2.24, 2.45) is 0 Å². The van der Waals surface area contributed by atoms with Gasteiger partial charge >= 0.3 is 6.18 Å². The zero-order valence-corrected chi connectivity index (χ0v) is 26.3. The van der Waals surface area contributed by atoms with Gasteiger partial charge in [-0.1, -0.05) is 12.1 Å². The van der Waals surface area contributed by atoms with Crippen molar-refractivity contribution < 1.29 is 44.7 Å². The van der Waals surface area contributed by atoms with Crippen LogP contribution < -0.4 is 4.74 Å². The minimum atomic E-state index is -4.81. The number of sulfone groups is 1. The van der Waals surface area contributed by atoms with Gasteiger partial charge in [0.25, 0.3) is 0 Å². The number of hydrogen-bond acceptors (Lipinski definition) is 6. The number of alkyl halides is 3. The summed E-state index contributed by atoms with van der Waals surface area (Å²) in [7, 11) is -4.31. The number of likely N-dealkylation sites (tertiary alicyclic amines) is 2. The molecule has 2 amide bonds. The Balaban J connectivity index is 1.37. The Morgan fingerprint density at radius 2 is 1.79 bits per heavy atom. The number of benzene rings is 3. The van der Waals surface area contributed by atoms with Crippen LogP contribution in [0.5, 0.6) is 5.75 Å². The van der Waals surface area contributed by atoms with Gasteiger partial charge in [-0.25, -0.2) is 17.2 Å². The van der Waals surface area contributed by atoms with E-state index in [2.05, 4.69) is 0 Å². The Hall–Kier alpha value is -4.51. The lowest BCUT2D eigenvalue weighted by Crippen LogP contribution is -2.55. The molecule has 3 atom stereocenters. The summed E-state index contributed by atoms with van der Waals surface area (Å²) in [5.41, 5.74) is -0.938. The number of nitrogens with zero attached hydrogens (tertiary/aromatic N) is 3. The molecule has 2 fully saturated rings. The Morgan fingerprint density at radius 1 is 1.04 bits per heavy atom. The average Bonchev–Trinajstić information content (AvgIpc) is 3.64. The van der Waals surface area contributed by atoms with E-state index in [9.17, 15) is 40.0 Å². The van der Waals surface area contributed by atoms with E-state index in [0.29, 0.717) is 11.1 Å². The SMILES string of the molecule is N#CCCN1C(=O)CC[C@H]1C(=O)N1CC[C@@]2(S(=O)(=O)c3ccc(F)cc3)c3ccc(OCc4c(F)cccc4C(F)(F)F)cc3CC[C@@H]12. The number of carbonyl (C=O) groups excluding carboxylic acids is 2. The van der Waals surface area contributed by atoms with Crippen LogP contribution in [0, 0.1) is 23.0 Å². The van der Waals surface area contributed by atoms with Crippen molar-refractivity contribution >= 4 is 21.7 Å². The number of halogens is 5. The van der Waals surface area contributed by atoms with Crippen molar-refractivity contribution in [2.75, 3.05) is 13.1 Å². The molecule has 3 aromatic rings. The van der Waals surface area contributed by atoms with E-state index in [1.165, 1.54) is 40.1 Å². The molecule has 3 aliphatic rings. The molecule has 48 heavy (non-hydrogen) atoms. The molecule has 0 N–H and O–H groups in total. The van der Waals surface area contributed by atoms with E-state index >= 15 is 0 Å². The molecule has 6 rings (SSSR count). The standard InChI is InChI=1S/C34H30F5N3O5S/c35-22-6-9-24(10-7-22)48(45,46)33-15-18-42(32(44)29-12-14-31(43)41(29)17-2-16-40)30(33)13-5-21-19-23(8-11-26(21)33)47-20-25-27(34(37,38)39)3-1-4-28(25)36/h1,3-4,6-11,19,29-30H,2,5,12-15,17-18,20H2/t29-,30+,33+/m0/s1. The van der Waals surface area contributed by atoms with Crippen LogP contribution in [-0.4, -0.2) is 55.2 Å². The Kier molecular flexibility index (Phi) is 8.70. The van der Waals surface area contributed by atoms with Crippen LogP contribution in [0.2, 0.25) is 0 Å². The predicted octanol–water partition coefficient (Wildman–Crippen LogP) is 5.68. The first-order valence-corrected chi connectivity index (χ1v) is 16.9. The monoisotopic (exact) mass is 687 g/mol. The first-order chi connectivity index (χ1) is 22.8. The van der Waals surface area contributed by atoms with Gasteiger partial charge in [0.05, 0.1) is 29.0 Å². The molecule has 252 valence electrons. The molecule has 2 aliphatic heterocycles. The molecule has 1 aliphatic carbocycles. The number of nitriles is 1. The van der Waals surface area contributed by atoms with Crippen LogP contribution in [0.3, 0.4) is 0 Å². The summed E-state index contributed by atoms with van der Waals surface area (Å²) in [4.78, 5) is 29.4. The summed E-state index contributed by atoms with van der Waals surface area (Å²) in [6.45, 7) is -0.606. The van der Waals surface area contributed by atoms with Crippen molar-refractivity contribution in [3.05, 3.63) is 94.6 Å². The lowest BCUT2D eigenvalue weighted by atomic mass is 9.78. The van der Waals surface area contributed by atoms with Gasteiger partial charge in [0.1, 0.15) is 34.8 Å². The zero-order valence-electron chi connectivity index (χ0n) is 25.5. The molecule has 0 bridgehead atoms. The number of hydrogen-bond donors (Lipinski definition) is 0. The van der Waals surface area contributed by atoms with Gasteiger partial charge < -0.3 is 14.5 Å². The Morgan fingerprint density at radius 3 is 2.50 bits per heavy atom. The number of aryl methyl sites for hydroxylation is 1. The van der Waals surface area contributed by atoms with Crippen LogP contribution >= 0.6 is 0 Å². The van der Waals surface area contributed by atoms with Gasteiger partial charge in [0.15, 0.2) is 9.84 Å². The van der Waals surface area contributed by atoms with Gasteiger partial charge in [-0.3, -0.25) is 9.59 Å². The minimum Gasteiger partial charge on any atom is -0.489 e. The molecule has 0 radical (unpaired) electrons. The summed E-state index contributed by atoms with van der Waals surface area (Å²) in [6, 6.07) is 11.7. The maximum Gasteiger partial charge on any atom is 0.416 e. The van der Waals surface area contributed by atoms with Crippen molar-refractivity contribution in [1.29, 1.82) is 5.26 Å². The van der Waals surface area contributed by atoms with Crippen LogP contribution in [0.1, 0.15) is 54.4 Å². The molecule has 0 saturated carbocycles. The van der Waals surface area contributed by atoms with Crippen molar-refractivity contribution in [3.8, 4) is 11.8 Å². The predicted molar refractivity (Wildman–Crippen MR) is 161 cm³/mol. The molecule has 14 heteroatoms. The lowest BCUT2D eigenvalue weighted by molar-refractivity contribution is -0.142. The number of amides is 2. The van der Waals surface area contributed by atoms with E-state index in [0.717, 1.165) is 30.3 Å². The average molecular weight is 688 g/mol. The lowest BCUT2D eigenvalue weighted by Gasteiger charge is -2.43. The van der Waals surface area contributed by atoms with E-state index in [1.807, 2.05) is 6.07 Å². The highest BCUT2D eigenvalue weighted by Gasteiger charge is 2.61. The van der Waals surface area contributed by atoms with Gasteiger partial charge in [-0.2, -0.15) is 18.4 Å². The van der Waals surface area contributed by atoms with Crippen LogP contribution in [0.25, 0.3) is 0 Å². The molecular weight excluding hydrogens is 657 g/mol. The van der Waals surface area contributed by atoms with Gasteiger partial charge in [-0.05, 0) is 85.3 Å². The smallest absolute Gasteiger partial charge is 0.416 e. The fraction of sp³-hybridized carbons (Fsp3) is 0.382. The first-order valence-electron chi connectivity index (χ1n) is 15.4. The number of rotatable bonds is 8. The zero-order chi connectivity index (χ0) is 34.4. The van der Waals surface area contributed by atoms with Crippen LogP contribution in [0.15, 0.2) is 65.6 Å². The highest BCUT2D eigenvalue weighted by molar-refractivity contribution is 7.92. The second-order valence-electron chi connectivity index (χ2n) is 12.1. The van der Waals surface area contributed by atoms with Crippen molar-refractivity contribution in [1.82, 2.24) is 9.80 Å². The van der Waals surface area contributed by atoms with Crippen molar-refractivity contribution in [2.45, 2.75) is 73.0 Å². The second-order valence-corrected chi connectivity index (χ2v) is 14.3. The number of carbonyl (C=O) groups is 2.